The zero-order valence-corrected chi connectivity index (χ0v) is 17.5. The average Bonchev–Trinajstić information content (AvgIpc) is 2.65. The fourth-order valence-electron chi connectivity index (χ4n) is 6.47. The summed E-state index contributed by atoms with van der Waals surface area (Å²) in [7, 11) is 0. The maximum atomic E-state index is 2.59. The molecule has 0 spiro atoms. The number of hydrogen-bond acceptors (Lipinski definition) is 0. The van der Waals surface area contributed by atoms with E-state index in [2.05, 4.69) is 75.4 Å². The third kappa shape index (κ3) is 3.73. The Balaban J connectivity index is 1.74. The van der Waals surface area contributed by atoms with Crippen molar-refractivity contribution >= 4 is 0 Å². The molecule has 0 amide bonds. The summed E-state index contributed by atoms with van der Waals surface area (Å²) in [5, 5.41) is 0. The number of benzene rings is 2. The van der Waals surface area contributed by atoms with Crippen LogP contribution in [-0.2, 0) is 11.8 Å². The molecule has 0 aliphatic heterocycles. The lowest BCUT2D eigenvalue weighted by atomic mass is 9.55. The smallest absolute Gasteiger partial charge is 0.000146 e. The van der Waals surface area contributed by atoms with Gasteiger partial charge in [0.25, 0.3) is 0 Å². The Morgan fingerprint density at radius 1 is 0.889 bits per heavy atom. The van der Waals surface area contributed by atoms with Crippen molar-refractivity contribution < 1.29 is 0 Å². The van der Waals surface area contributed by atoms with Gasteiger partial charge in [-0.3, -0.25) is 0 Å². The zero-order valence-electron chi connectivity index (χ0n) is 17.5. The topological polar surface area (TPSA) is 0 Å². The molecule has 3 aliphatic carbocycles. The molecule has 27 heavy (non-hydrogen) atoms. The third-order valence-electron chi connectivity index (χ3n) is 8.09. The molecule has 0 saturated heterocycles. The lowest BCUT2D eigenvalue weighted by Gasteiger charge is -2.50. The van der Waals surface area contributed by atoms with Crippen molar-refractivity contribution in [2.24, 2.45) is 17.3 Å². The Morgan fingerprint density at radius 2 is 1.56 bits per heavy atom. The summed E-state index contributed by atoms with van der Waals surface area (Å²) in [6.07, 6.45) is 11.2. The molecule has 0 nitrogen and oxygen atoms in total. The Labute approximate surface area is 166 Å². The maximum absolute atomic E-state index is 2.59. The molecular formula is C27H36. The second-order valence-electron chi connectivity index (χ2n) is 10.0. The lowest BCUT2D eigenvalue weighted by Crippen LogP contribution is -2.43. The van der Waals surface area contributed by atoms with Gasteiger partial charge in [-0.2, -0.15) is 0 Å². The van der Waals surface area contributed by atoms with Crippen molar-refractivity contribution in [3.8, 4) is 0 Å². The molecular weight excluding hydrogens is 324 g/mol. The highest BCUT2D eigenvalue weighted by Gasteiger charge is 2.45. The molecule has 2 unspecified atom stereocenters. The van der Waals surface area contributed by atoms with Crippen LogP contribution in [0.5, 0.6) is 0 Å². The highest BCUT2D eigenvalue weighted by molar-refractivity contribution is 5.36. The van der Waals surface area contributed by atoms with Crippen molar-refractivity contribution in [1.82, 2.24) is 0 Å². The van der Waals surface area contributed by atoms with Gasteiger partial charge < -0.3 is 0 Å². The van der Waals surface area contributed by atoms with Gasteiger partial charge >= 0.3 is 0 Å². The van der Waals surface area contributed by atoms with E-state index in [0.717, 1.165) is 18.3 Å². The van der Waals surface area contributed by atoms with Crippen molar-refractivity contribution in [2.45, 2.75) is 77.6 Å². The normalized spacial score (nSPS) is 30.3. The molecule has 0 heterocycles. The molecule has 144 valence electrons. The quantitative estimate of drug-likeness (QED) is 0.530. The van der Waals surface area contributed by atoms with Gasteiger partial charge in [0, 0.05) is 0 Å². The van der Waals surface area contributed by atoms with Gasteiger partial charge in [-0.25, -0.2) is 0 Å². The van der Waals surface area contributed by atoms with Gasteiger partial charge in [-0.1, -0.05) is 74.9 Å². The van der Waals surface area contributed by atoms with E-state index in [4.69, 9.17) is 0 Å². The molecule has 2 aromatic rings. The van der Waals surface area contributed by atoms with Crippen LogP contribution in [0, 0.1) is 24.2 Å². The van der Waals surface area contributed by atoms with Gasteiger partial charge in [0.2, 0.25) is 0 Å². The molecule has 3 fully saturated rings. The highest BCUT2D eigenvalue weighted by Crippen LogP contribution is 2.53. The molecule has 3 aliphatic rings. The Morgan fingerprint density at radius 3 is 2.26 bits per heavy atom. The molecule has 3 saturated carbocycles. The first-order valence-electron chi connectivity index (χ1n) is 11.1. The van der Waals surface area contributed by atoms with Crippen LogP contribution in [0.15, 0.2) is 54.6 Å². The number of rotatable bonds is 4. The summed E-state index contributed by atoms with van der Waals surface area (Å²) in [6, 6.07) is 20.4. The second-order valence-corrected chi connectivity index (χ2v) is 10.0. The Kier molecular flexibility index (Phi) is 5.19. The summed E-state index contributed by atoms with van der Waals surface area (Å²) in [5.74, 6) is 1.69. The molecule has 2 aromatic carbocycles. The summed E-state index contributed by atoms with van der Waals surface area (Å²) < 4.78 is 0. The molecule has 0 radical (unpaired) electrons. The van der Waals surface area contributed by atoms with Crippen LogP contribution in [0.3, 0.4) is 0 Å². The van der Waals surface area contributed by atoms with Gasteiger partial charge in [0.15, 0.2) is 0 Å². The highest BCUT2D eigenvalue weighted by atomic mass is 14.5. The van der Waals surface area contributed by atoms with E-state index in [-0.39, 0.29) is 5.41 Å². The maximum Gasteiger partial charge on any atom is -0.000146 e. The van der Waals surface area contributed by atoms with Crippen molar-refractivity contribution in [3.63, 3.8) is 0 Å². The third-order valence-corrected chi connectivity index (χ3v) is 8.09. The summed E-state index contributed by atoms with van der Waals surface area (Å²) in [4.78, 5) is 0. The van der Waals surface area contributed by atoms with Crippen LogP contribution in [0.25, 0.3) is 0 Å². The largest absolute Gasteiger partial charge is 0.0622 e. The van der Waals surface area contributed by atoms with E-state index in [1.54, 1.807) is 5.56 Å². The molecule has 2 atom stereocenters. The summed E-state index contributed by atoms with van der Waals surface area (Å²) >= 11 is 0. The molecule has 0 N–H and O–H groups in total. The van der Waals surface area contributed by atoms with Crippen LogP contribution >= 0.6 is 0 Å². The monoisotopic (exact) mass is 360 g/mol. The average molecular weight is 361 g/mol. The molecule has 0 aromatic heterocycles. The van der Waals surface area contributed by atoms with Gasteiger partial charge in [0.1, 0.15) is 0 Å². The lowest BCUT2D eigenvalue weighted by molar-refractivity contribution is 0.0520. The first-order chi connectivity index (χ1) is 13.0. The number of fused-ring (bicyclic) bond motifs is 5. The first kappa shape index (κ1) is 18.8. The van der Waals surface area contributed by atoms with Gasteiger partial charge in [-0.05, 0) is 91.2 Å². The Bertz CT molecular complexity index is 745. The zero-order chi connectivity index (χ0) is 18.9. The predicted octanol–water partition coefficient (Wildman–Crippen LogP) is 7.49. The number of aryl methyl sites for hydroxylation is 1. The molecule has 0 heteroatoms. The minimum atomic E-state index is 0.225. The Hall–Kier alpha value is -1.56. The SMILES string of the molecule is Cc1ccccc1C(C)(Cc1ccccc1)C1CCCC2(C)CCC1CC2. The van der Waals surface area contributed by atoms with E-state index in [0.29, 0.717) is 5.41 Å². The van der Waals surface area contributed by atoms with E-state index >= 15 is 0 Å². The second kappa shape index (κ2) is 7.46. The van der Waals surface area contributed by atoms with E-state index in [9.17, 15) is 0 Å². The van der Waals surface area contributed by atoms with Crippen LogP contribution < -0.4 is 0 Å². The summed E-state index contributed by atoms with van der Waals surface area (Å²) in [6.45, 7) is 7.45. The van der Waals surface area contributed by atoms with Crippen LogP contribution in [0.4, 0.5) is 0 Å². The minimum Gasteiger partial charge on any atom is -0.0622 e. The van der Waals surface area contributed by atoms with Crippen LogP contribution in [0.2, 0.25) is 0 Å². The minimum absolute atomic E-state index is 0.225. The van der Waals surface area contributed by atoms with Gasteiger partial charge in [-0.15, -0.1) is 0 Å². The van der Waals surface area contributed by atoms with Gasteiger partial charge in [0.05, 0.1) is 0 Å². The van der Waals surface area contributed by atoms with E-state index in [1.807, 2.05) is 0 Å². The molecule has 2 bridgehead atoms. The fraction of sp³-hybridized carbons (Fsp3) is 0.556. The van der Waals surface area contributed by atoms with Crippen molar-refractivity contribution in [3.05, 3.63) is 71.3 Å². The predicted molar refractivity (Wildman–Crippen MR) is 116 cm³/mol. The standard InChI is InChI=1S/C27H36/c1-21-10-7-8-13-24(21)27(3,20-22-11-5-4-6-12-22)25-14-9-17-26(2)18-15-23(25)16-19-26/h4-8,10-13,23,25H,9,14-20H2,1-3H3. The first-order valence-corrected chi connectivity index (χ1v) is 11.1. The van der Waals surface area contributed by atoms with Crippen LogP contribution in [0.1, 0.15) is 75.5 Å². The van der Waals surface area contributed by atoms with Crippen LogP contribution in [-0.4, -0.2) is 0 Å². The molecule has 5 rings (SSSR count). The fourth-order valence-corrected chi connectivity index (χ4v) is 6.47. The van der Waals surface area contributed by atoms with E-state index < -0.39 is 0 Å². The van der Waals surface area contributed by atoms with Crippen molar-refractivity contribution in [1.29, 1.82) is 0 Å². The number of hydrogen-bond donors (Lipinski definition) is 0. The van der Waals surface area contributed by atoms with Crippen molar-refractivity contribution in [2.75, 3.05) is 0 Å². The summed E-state index contributed by atoms with van der Waals surface area (Å²) in [5.41, 5.74) is 5.42. The van der Waals surface area contributed by atoms with E-state index in [1.165, 1.54) is 56.1 Å².